The Bertz CT molecular complexity index is 1100. The van der Waals surface area contributed by atoms with Crippen LogP contribution in [0.2, 0.25) is 5.02 Å². The third kappa shape index (κ3) is 5.47. The van der Waals surface area contributed by atoms with Crippen molar-refractivity contribution in [2.75, 3.05) is 30.1 Å². The topological polar surface area (TPSA) is 78.3 Å². The Morgan fingerprint density at radius 1 is 1.26 bits per heavy atom. The molecule has 2 aliphatic heterocycles. The number of benzene rings is 1. The lowest BCUT2D eigenvalue weighted by atomic mass is 9.92. The molecule has 0 aliphatic carbocycles. The van der Waals surface area contributed by atoms with E-state index in [0.29, 0.717) is 22.5 Å². The van der Waals surface area contributed by atoms with Crippen molar-refractivity contribution in [2.45, 2.75) is 38.4 Å². The second kappa shape index (κ2) is 9.93. The Labute approximate surface area is 206 Å². The Morgan fingerprint density at radius 3 is 2.54 bits per heavy atom. The van der Waals surface area contributed by atoms with Crippen LogP contribution in [0.15, 0.2) is 41.6 Å². The smallest absolute Gasteiger partial charge is 0.431 e. The standard InChI is InChI=1S/C24H26ClF3N4O3/c1-14-19(10-22(33)34)32(30-23(14)24(26,27)28)17-7-5-15(6-8-17)3-4-16-12-31(13-16)20-9-21(35-2)29-11-18(20)25/h5-9,11,14,16,19H,3-4,10,12-13H2,1-2H3,(H,33,34)/t14-,19-/m0/s1. The lowest BCUT2D eigenvalue weighted by molar-refractivity contribution is -0.137. The quantitative estimate of drug-likeness (QED) is 0.536. The summed E-state index contributed by atoms with van der Waals surface area (Å²) in [7, 11) is 1.56. The fourth-order valence-electron chi connectivity index (χ4n) is 4.58. The number of nitrogens with zero attached hydrogens (tertiary/aromatic N) is 4. The van der Waals surface area contributed by atoms with Gasteiger partial charge in [0, 0.05) is 25.1 Å². The molecule has 2 atom stereocenters. The van der Waals surface area contributed by atoms with Crippen molar-refractivity contribution in [1.82, 2.24) is 4.98 Å². The number of hydrazone groups is 1. The first-order valence-electron chi connectivity index (χ1n) is 11.3. The van der Waals surface area contributed by atoms with Crippen molar-refractivity contribution < 1.29 is 27.8 Å². The molecule has 0 saturated carbocycles. The Balaban J connectivity index is 1.36. The largest absolute Gasteiger partial charge is 0.481 e. The van der Waals surface area contributed by atoms with E-state index >= 15 is 0 Å². The zero-order valence-corrected chi connectivity index (χ0v) is 20.1. The highest BCUT2D eigenvalue weighted by molar-refractivity contribution is 6.33. The molecule has 0 radical (unpaired) electrons. The second-order valence-electron chi connectivity index (χ2n) is 8.94. The van der Waals surface area contributed by atoms with E-state index in [0.717, 1.165) is 37.2 Å². The van der Waals surface area contributed by atoms with Gasteiger partial charge in [-0.05, 0) is 36.5 Å². The van der Waals surface area contributed by atoms with Crippen molar-refractivity contribution in [3.05, 3.63) is 47.1 Å². The Hall–Kier alpha value is -3.01. The first-order valence-corrected chi connectivity index (χ1v) is 11.6. The lowest BCUT2D eigenvalue weighted by Gasteiger charge is -2.41. The summed E-state index contributed by atoms with van der Waals surface area (Å²) in [4.78, 5) is 17.5. The highest BCUT2D eigenvalue weighted by atomic mass is 35.5. The van der Waals surface area contributed by atoms with Gasteiger partial charge in [0.05, 0.1) is 42.2 Å². The third-order valence-electron chi connectivity index (χ3n) is 6.57. The van der Waals surface area contributed by atoms with Crippen molar-refractivity contribution in [3.8, 4) is 5.88 Å². The summed E-state index contributed by atoms with van der Waals surface area (Å²) in [5.74, 6) is -1.20. The highest BCUT2D eigenvalue weighted by Gasteiger charge is 2.48. The van der Waals surface area contributed by atoms with Crippen LogP contribution in [-0.2, 0) is 11.2 Å². The molecule has 0 bridgehead atoms. The number of aryl methyl sites for hydroxylation is 1. The number of halogens is 4. The number of rotatable bonds is 8. The molecule has 1 fully saturated rings. The minimum Gasteiger partial charge on any atom is -0.481 e. The Morgan fingerprint density at radius 2 is 1.94 bits per heavy atom. The first kappa shape index (κ1) is 25.1. The number of hydrogen-bond donors (Lipinski definition) is 1. The van der Waals surface area contributed by atoms with Crippen molar-refractivity contribution >= 4 is 34.7 Å². The number of hydrogen-bond acceptors (Lipinski definition) is 6. The van der Waals surface area contributed by atoms with Crippen molar-refractivity contribution in [2.24, 2.45) is 16.9 Å². The van der Waals surface area contributed by atoms with Crippen LogP contribution in [0.3, 0.4) is 0 Å². The second-order valence-corrected chi connectivity index (χ2v) is 9.34. The summed E-state index contributed by atoms with van der Waals surface area (Å²) in [5, 5.41) is 14.7. The molecule has 1 aromatic carbocycles. The maximum Gasteiger partial charge on any atom is 0.431 e. The molecule has 0 amide bonds. The van der Waals surface area contributed by atoms with Gasteiger partial charge in [-0.1, -0.05) is 30.7 Å². The maximum absolute atomic E-state index is 13.4. The van der Waals surface area contributed by atoms with Gasteiger partial charge in [0.1, 0.15) is 5.71 Å². The number of anilines is 2. The van der Waals surface area contributed by atoms with E-state index in [1.165, 1.54) is 11.9 Å². The number of carbonyl (C=O) groups is 1. The summed E-state index contributed by atoms with van der Waals surface area (Å²) in [6.07, 6.45) is -1.69. The fraction of sp³-hybridized carbons (Fsp3) is 0.458. The zero-order valence-electron chi connectivity index (χ0n) is 19.3. The van der Waals surface area contributed by atoms with E-state index in [4.69, 9.17) is 16.3 Å². The van der Waals surface area contributed by atoms with E-state index < -0.39 is 36.2 Å². The molecule has 0 spiro atoms. The average molecular weight is 511 g/mol. The van der Waals surface area contributed by atoms with Crippen LogP contribution in [0.25, 0.3) is 0 Å². The molecular weight excluding hydrogens is 485 g/mol. The molecule has 0 unspecified atom stereocenters. The lowest BCUT2D eigenvalue weighted by Crippen LogP contribution is -2.47. The van der Waals surface area contributed by atoms with Crippen LogP contribution in [0.5, 0.6) is 5.88 Å². The van der Waals surface area contributed by atoms with Gasteiger partial charge in [-0.2, -0.15) is 18.3 Å². The van der Waals surface area contributed by atoms with Crippen LogP contribution in [0, 0.1) is 11.8 Å². The molecule has 188 valence electrons. The summed E-state index contributed by atoms with van der Waals surface area (Å²) < 4.78 is 45.3. The first-order chi connectivity index (χ1) is 16.6. The average Bonchev–Trinajstić information content (AvgIpc) is 3.10. The van der Waals surface area contributed by atoms with Crippen LogP contribution >= 0.6 is 11.6 Å². The van der Waals surface area contributed by atoms with Gasteiger partial charge in [-0.15, -0.1) is 0 Å². The monoisotopic (exact) mass is 510 g/mol. The minimum absolute atomic E-state index is 0.433. The molecule has 35 heavy (non-hydrogen) atoms. The van der Waals surface area contributed by atoms with Crippen LogP contribution in [0.1, 0.15) is 25.3 Å². The Kier molecular flexibility index (Phi) is 7.12. The van der Waals surface area contributed by atoms with Crippen LogP contribution in [0.4, 0.5) is 24.5 Å². The maximum atomic E-state index is 13.4. The number of aliphatic carboxylic acids is 1. The van der Waals surface area contributed by atoms with Gasteiger partial charge in [0.15, 0.2) is 0 Å². The molecule has 1 N–H and O–H groups in total. The summed E-state index contributed by atoms with van der Waals surface area (Å²) >= 11 is 6.26. The third-order valence-corrected chi connectivity index (χ3v) is 6.86. The van der Waals surface area contributed by atoms with E-state index in [1.807, 2.05) is 18.2 Å². The zero-order chi connectivity index (χ0) is 25.3. The number of carboxylic acid groups (broad SMARTS) is 1. The molecule has 1 aromatic heterocycles. The fourth-order valence-corrected chi connectivity index (χ4v) is 4.80. The van der Waals surface area contributed by atoms with Crippen molar-refractivity contribution in [1.29, 1.82) is 0 Å². The molecule has 2 aromatic rings. The predicted molar refractivity (Wildman–Crippen MR) is 127 cm³/mol. The molecular formula is C24H26ClF3N4O3. The van der Waals surface area contributed by atoms with Gasteiger partial charge in [0.2, 0.25) is 5.88 Å². The predicted octanol–water partition coefficient (Wildman–Crippen LogP) is 5.03. The molecule has 2 aliphatic rings. The normalized spacial score (nSPS) is 20.6. The number of pyridine rings is 1. The molecule has 1 saturated heterocycles. The van der Waals surface area contributed by atoms with Gasteiger partial charge >= 0.3 is 12.1 Å². The van der Waals surface area contributed by atoms with E-state index in [2.05, 4.69) is 15.0 Å². The summed E-state index contributed by atoms with van der Waals surface area (Å²) in [6.45, 7) is 3.09. The summed E-state index contributed by atoms with van der Waals surface area (Å²) in [5.41, 5.74) is 1.45. The van der Waals surface area contributed by atoms with Crippen LogP contribution < -0.4 is 14.6 Å². The number of ether oxygens (including phenoxy) is 1. The summed E-state index contributed by atoms with van der Waals surface area (Å²) in [6, 6.07) is 8.06. The number of alkyl halides is 3. The highest BCUT2D eigenvalue weighted by Crippen LogP contribution is 2.37. The van der Waals surface area contributed by atoms with Gasteiger partial charge in [-0.3, -0.25) is 9.80 Å². The number of aromatic nitrogens is 1. The number of methoxy groups -OCH3 is 1. The van der Waals surface area contributed by atoms with E-state index in [9.17, 15) is 23.1 Å². The molecule has 7 nitrogen and oxygen atoms in total. The minimum atomic E-state index is -4.60. The SMILES string of the molecule is COc1cc(N2CC(CCc3ccc(N4N=C(C(F)(F)F)[C@@H](C)[C@@H]4CC(=O)O)cc3)C2)c(Cl)cn1. The van der Waals surface area contributed by atoms with Crippen LogP contribution in [-0.4, -0.2) is 54.2 Å². The van der Waals surface area contributed by atoms with Gasteiger partial charge in [0.25, 0.3) is 0 Å². The van der Waals surface area contributed by atoms with Crippen molar-refractivity contribution in [3.63, 3.8) is 0 Å². The van der Waals surface area contributed by atoms with Gasteiger partial charge < -0.3 is 14.7 Å². The number of carboxylic acids is 1. The molecule has 3 heterocycles. The molecule has 11 heteroatoms. The van der Waals surface area contributed by atoms with Gasteiger partial charge in [-0.25, -0.2) is 4.98 Å². The van der Waals surface area contributed by atoms with E-state index in [1.54, 1.807) is 25.4 Å². The molecule has 4 rings (SSSR count). The van der Waals surface area contributed by atoms with E-state index in [-0.39, 0.29) is 0 Å².